The first kappa shape index (κ1) is 15.7. The average Bonchev–Trinajstić information content (AvgIpc) is 2.65. The van der Waals surface area contributed by atoms with Gasteiger partial charge in [0, 0.05) is 36.4 Å². The van der Waals surface area contributed by atoms with Gasteiger partial charge in [-0.2, -0.15) is 0 Å². The fourth-order valence-corrected chi connectivity index (χ4v) is 2.87. The van der Waals surface area contributed by atoms with Gasteiger partial charge < -0.3 is 5.11 Å². The Labute approximate surface area is 141 Å². The maximum Gasteiger partial charge on any atom is 0.333 e. The Kier molecular flexibility index (Phi) is 4.54. The molecule has 118 valence electrons. The largest absolute Gasteiger partial charge is 0.478 e. The summed E-state index contributed by atoms with van der Waals surface area (Å²) in [5, 5.41) is 9.22. The highest BCUT2D eigenvalue weighted by molar-refractivity contribution is 5.82. The molecule has 0 saturated carbocycles. The van der Waals surface area contributed by atoms with E-state index in [4.69, 9.17) is 0 Å². The molecule has 0 aliphatic rings. The Bertz CT molecular complexity index is 731. The lowest BCUT2D eigenvalue weighted by Crippen LogP contribution is -2.32. The molecular formula is C21H18NO2+. The van der Waals surface area contributed by atoms with Crippen LogP contribution < -0.4 is 4.48 Å². The SMILES string of the molecule is O=C(O)/C=C/[N+](c1ccccc1)(c1ccccc1)c1ccccc1. The van der Waals surface area contributed by atoms with Gasteiger partial charge in [-0.1, -0.05) is 54.6 Å². The molecule has 3 aromatic rings. The summed E-state index contributed by atoms with van der Waals surface area (Å²) in [6.07, 6.45) is 2.91. The molecule has 3 heteroatoms. The highest BCUT2D eigenvalue weighted by Gasteiger charge is 2.34. The third-order valence-corrected chi connectivity index (χ3v) is 3.93. The summed E-state index contributed by atoms with van der Waals surface area (Å²) < 4.78 is 0.203. The van der Waals surface area contributed by atoms with Gasteiger partial charge >= 0.3 is 5.97 Å². The number of carbonyl (C=O) groups is 1. The van der Waals surface area contributed by atoms with E-state index in [0.717, 1.165) is 17.1 Å². The first-order valence-electron chi connectivity index (χ1n) is 7.71. The maximum atomic E-state index is 11.2. The molecule has 3 aromatic carbocycles. The van der Waals surface area contributed by atoms with Gasteiger partial charge in [-0.05, 0) is 0 Å². The fourth-order valence-electron chi connectivity index (χ4n) is 2.87. The van der Waals surface area contributed by atoms with Gasteiger partial charge in [0.2, 0.25) is 0 Å². The van der Waals surface area contributed by atoms with Crippen LogP contribution in [0.4, 0.5) is 17.1 Å². The van der Waals surface area contributed by atoms with Gasteiger partial charge in [0.05, 0.1) is 6.08 Å². The highest BCUT2D eigenvalue weighted by Crippen LogP contribution is 2.44. The van der Waals surface area contributed by atoms with Crippen LogP contribution in [-0.4, -0.2) is 11.1 Å². The molecule has 0 radical (unpaired) electrons. The summed E-state index contributed by atoms with van der Waals surface area (Å²) in [5.74, 6) is -0.972. The van der Waals surface area contributed by atoms with Gasteiger partial charge in [0.25, 0.3) is 0 Å². The van der Waals surface area contributed by atoms with E-state index < -0.39 is 5.97 Å². The van der Waals surface area contributed by atoms with E-state index in [1.807, 2.05) is 91.0 Å². The zero-order valence-corrected chi connectivity index (χ0v) is 13.1. The van der Waals surface area contributed by atoms with Crippen molar-refractivity contribution in [2.45, 2.75) is 0 Å². The van der Waals surface area contributed by atoms with Crippen molar-refractivity contribution < 1.29 is 9.90 Å². The number of nitrogens with zero attached hydrogens (tertiary/aromatic N) is 1. The topological polar surface area (TPSA) is 37.3 Å². The summed E-state index contributed by atoms with van der Waals surface area (Å²) in [4.78, 5) is 11.2. The van der Waals surface area contributed by atoms with E-state index in [1.165, 1.54) is 6.08 Å². The van der Waals surface area contributed by atoms with Crippen molar-refractivity contribution in [1.29, 1.82) is 0 Å². The van der Waals surface area contributed by atoms with Gasteiger partial charge in [0.15, 0.2) is 0 Å². The molecule has 0 aromatic heterocycles. The minimum atomic E-state index is -0.972. The van der Waals surface area contributed by atoms with Crippen LogP contribution in [0.25, 0.3) is 0 Å². The van der Waals surface area contributed by atoms with Crippen molar-refractivity contribution in [3.05, 3.63) is 103 Å². The van der Waals surface area contributed by atoms with Crippen molar-refractivity contribution in [3.63, 3.8) is 0 Å². The zero-order valence-electron chi connectivity index (χ0n) is 13.1. The number of rotatable bonds is 5. The Balaban J connectivity index is 2.35. The molecule has 0 atom stereocenters. The number of quaternary nitrogens is 1. The molecular weight excluding hydrogens is 298 g/mol. The van der Waals surface area contributed by atoms with Crippen LogP contribution in [-0.2, 0) is 4.79 Å². The first-order chi connectivity index (χ1) is 11.7. The predicted molar refractivity (Wildman–Crippen MR) is 97.2 cm³/mol. The number of hydrogen-bond donors (Lipinski definition) is 1. The second-order valence-electron chi connectivity index (χ2n) is 5.38. The van der Waals surface area contributed by atoms with Crippen LogP contribution in [0.5, 0.6) is 0 Å². The summed E-state index contributed by atoms with van der Waals surface area (Å²) in [6, 6.07) is 29.7. The summed E-state index contributed by atoms with van der Waals surface area (Å²) in [6.45, 7) is 0. The van der Waals surface area contributed by atoms with Gasteiger partial charge in [0.1, 0.15) is 23.3 Å². The quantitative estimate of drug-likeness (QED) is 0.515. The maximum absolute atomic E-state index is 11.2. The third-order valence-electron chi connectivity index (χ3n) is 3.93. The standard InChI is InChI=1S/C21H17NO2/c23-21(24)16-17-22(18-10-4-1-5-11-18,19-12-6-2-7-13-19)20-14-8-3-9-15-20/h1-17H/p+1/b17-16+. The van der Waals surface area contributed by atoms with E-state index in [-0.39, 0.29) is 4.48 Å². The van der Waals surface area contributed by atoms with Gasteiger partial charge in [-0.3, -0.25) is 0 Å². The van der Waals surface area contributed by atoms with E-state index in [0.29, 0.717) is 0 Å². The lowest BCUT2D eigenvalue weighted by Gasteiger charge is -2.33. The Morgan fingerprint density at radius 1 is 0.667 bits per heavy atom. The van der Waals surface area contributed by atoms with Crippen molar-refractivity contribution in [2.75, 3.05) is 0 Å². The smallest absolute Gasteiger partial charge is 0.333 e. The van der Waals surface area contributed by atoms with Crippen molar-refractivity contribution in [3.8, 4) is 0 Å². The fraction of sp³-hybridized carbons (Fsp3) is 0. The minimum absolute atomic E-state index is 0.203. The van der Waals surface area contributed by atoms with E-state index in [1.54, 1.807) is 6.20 Å². The molecule has 0 amide bonds. The molecule has 3 rings (SSSR count). The second kappa shape index (κ2) is 6.94. The van der Waals surface area contributed by atoms with Crippen molar-refractivity contribution >= 4 is 23.0 Å². The van der Waals surface area contributed by atoms with E-state index >= 15 is 0 Å². The molecule has 24 heavy (non-hydrogen) atoms. The number of hydrogen-bond acceptors (Lipinski definition) is 1. The normalized spacial score (nSPS) is 11.5. The lowest BCUT2D eigenvalue weighted by molar-refractivity contribution is -0.131. The molecule has 0 fully saturated rings. The van der Waals surface area contributed by atoms with Crippen LogP contribution in [0.2, 0.25) is 0 Å². The minimum Gasteiger partial charge on any atom is -0.478 e. The molecule has 0 heterocycles. The van der Waals surface area contributed by atoms with Gasteiger partial charge in [-0.25, -0.2) is 9.28 Å². The van der Waals surface area contributed by atoms with Crippen LogP contribution in [0, 0.1) is 0 Å². The monoisotopic (exact) mass is 316 g/mol. The zero-order chi connectivity index (χ0) is 16.8. The molecule has 0 aliphatic carbocycles. The van der Waals surface area contributed by atoms with Gasteiger partial charge in [-0.15, -0.1) is 0 Å². The van der Waals surface area contributed by atoms with E-state index in [2.05, 4.69) is 0 Å². The second-order valence-corrected chi connectivity index (χ2v) is 5.38. The van der Waals surface area contributed by atoms with Crippen LogP contribution in [0.15, 0.2) is 103 Å². The molecule has 0 spiro atoms. The number of carboxylic acid groups (broad SMARTS) is 1. The van der Waals surface area contributed by atoms with Crippen molar-refractivity contribution in [1.82, 2.24) is 4.48 Å². The number of para-hydroxylation sites is 3. The van der Waals surface area contributed by atoms with E-state index in [9.17, 15) is 9.90 Å². The van der Waals surface area contributed by atoms with Crippen LogP contribution >= 0.6 is 0 Å². The molecule has 1 N–H and O–H groups in total. The number of carboxylic acids is 1. The van der Waals surface area contributed by atoms with Crippen LogP contribution in [0.3, 0.4) is 0 Å². The molecule has 0 saturated heterocycles. The lowest BCUT2D eigenvalue weighted by atomic mass is 10.1. The molecule has 0 aliphatic heterocycles. The Morgan fingerprint density at radius 3 is 1.29 bits per heavy atom. The highest BCUT2D eigenvalue weighted by atomic mass is 16.4. The number of aliphatic carboxylic acids is 1. The summed E-state index contributed by atoms with van der Waals surface area (Å²) in [7, 11) is 0. The van der Waals surface area contributed by atoms with Crippen molar-refractivity contribution in [2.24, 2.45) is 0 Å². The third kappa shape index (κ3) is 2.98. The summed E-state index contributed by atoms with van der Waals surface area (Å²) in [5.41, 5.74) is 2.90. The average molecular weight is 316 g/mol. The predicted octanol–water partition coefficient (Wildman–Crippen LogP) is 5.26. The Hall–Kier alpha value is -3.17. The molecule has 3 nitrogen and oxygen atoms in total. The summed E-state index contributed by atoms with van der Waals surface area (Å²) >= 11 is 0. The molecule has 0 unspecified atom stereocenters. The first-order valence-corrected chi connectivity index (χ1v) is 7.71. The number of benzene rings is 3. The molecule has 0 bridgehead atoms. The Morgan fingerprint density at radius 2 is 1.00 bits per heavy atom. The van der Waals surface area contributed by atoms with Crippen LogP contribution in [0.1, 0.15) is 0 Å².